The number of rotatable bonds is 3. The van der Waals surface area contributed by atoms with Crippen molar-refractivity contribution in [2.45, 2.75) is 24.3 Å². The molecule has 0 radical (unpaired) electrons. The van der Waals surface area contributed by atoms with Gasteiger partial charge in [0, 0.05) is 43.2 Å². The van der Waals surface area contributed by atoms with Crippen molar-refractivity contribution in [1.82, 2.24) is 14.5 Å². The van der Waals surface area contributed by atoms with E-state index in [1.54, 1.807) is 10.4 Å². The highest BCUT2D eigenvalue weighted by Gasteiger charge is 2.32. The second-order valence-corrected chi connectivity index (χ2v) is 8.82. The fourth-order valence-electron chi connectivity index (χ4n) is 3.25. The van der Waals surface area contributed by atoms with Crippen LogP contribution in [0.25, 0.3) is 0 Å². The van der Waals surface area contributed by atoms with Gasteiger partial charge in [0.2, 0.25) is 10.0 Å². The van der Waals surface area contributed by atoms with Gasteiger partial charge in [-0.15, -0.1) is 0 Å². The molecular formula is C15H22BrN3O2S. The van der Waals surface area contributed by atoms with Gasteiger partial charge >= 0.3 is 0 Å². The molecule has 0 amide bonds. The number of sulfonamides is 1. The number of hydrogen-bond acceptors (Lipinski definition) is 4. The normalized spacial score (nSPS) is 24.7. The summed E-state index contributed by atoms with van der Waals surface area (Å²) < 4.78 is 28.1. The van der Waals surface area contributed by atoms with E-state index in [4.69, 9.17) is 0 Å². The fraction of sp³-hybridized carbons (Fsp3) is 0.600. The molecular weight excluding hydrogens is 366 g/mol. The van der Waals surface area contributed by atoms with Crippen LogP contribution in [0, 0.1) is 6.92 Å². The van der Waals surface area contributed by atoms with E-state index in [9.17, 15) is 8.42 Å². The Morgan fingerprint density at radius 1 is 1.23 bits per heavy atom. The Kier molecular flexibility index (Phi) is 4.89. The predicted molar refractivity (Wildman–Crippen MR) is 90.5 cm³/mol. The number of piperazine rings is 1. The van der Waals surface area contributed by atoms with Crippen LogP contribution in [0.2, 0.25) is 0 Å². The lowest BCUT2D eigenvalue weighted by Gasteiger charge is -2.37. The van der Waals surface area contributed by atoms with Gasteiger partial charge in [0.15, 0.2) is 0 Å². The molecule has 2 saturated heterocycles. The Morgan fingerprint density at radius 3 is 2.59 bits per heavy atom. The predicted octanol–water partition coefficient (Wildman–Crippen LogP) is 1.43. The summed E-state index contributed by atoms with van der Waals surface area (Å²) in [6.07, 6.45) is 1.16. The van der Waals surface area contributed by atoms with E-state index in [1.807, 2.05) is 19.1 Å². The topological polar surface area (TPSA) is 52.7 Å². The lowest BCUT2D eigenvalue weighted by molar-refractivity contribution is 0.145. The standard InChI is InChI=1S/C15H22BrN3O2S/c1-12-2-3-13(16)10-15(12)22(20,21)19-8-6-18(7-9-19)14-4-5-17-11-14/h2-3,10,14,17H,4-9,11H2,1H3. The summed E-state index contributed by atoms with van der Waals surface area (Å²) >= 11 is 3.37. The molecule has 0 spiro atoms. The third-order valence-electron chi connectivity index (χ3n) is 4.59. The van der Waals surface area contributed by atoms with E-state index in [1.165, 1.54) is 0 Å². The first-order chi connectivity index (χ1) is 10.5. The minimum atomic E-state index is -3.40. The summed E-state index contributed by atoms with van der Waals surface area (Å²) in [5, 5.41) is 3.37. The molecule has 0 saturated carbocycles. The van der Waals surface area contributed by atoms with Gasteiger partial charge in [0.25, 0.3) is 0 Å². The van der Waals surface area contributed by atoms with E-state index in [2.05, 4.69) is 26.1 Å². The average molecular weight is 388 g/mol. The van der Waals surface area contributed by atoms with E-state index in [-0.39, 0.29) is 0 Å². The molecule has 1 aromatic carbocycles. The van der Waals surface area contributed by atoms with Crippen molar-refractivity contribution in [2.24, 2.45) is 0 Å². The van der Waals surface area contributed by atoms with Gasteiger partial charge in [-0.1, -0.05) is 22.0 Å². The van der Waals surface area contributed by atoms with Crippen LogP contribution < -0.4 is 5.32 Å². The molecule has 0 bridgehead atoms. The Hall–Kier alpha value is -0.470. The van der Waals surface area contributed by atoms with Gasteiger partial charge in [-0.2, -0.15) is 4.31 Å². The fourth-order valence-corrected chi connectivity index (χ4v) is 5.44. The van der Waals surface area contributed by atoms with Crippen molar-refractivity contribution in [1.29, 1.82) is 0 Å². The van der Waals surface area contributed by atoms with E-state index in [0.29, 0.717) is 24.0 Å². The number of benzene rings is 1. The third kappa shape index (κ3) is 3.23. The number of halogens is 1. The second-order valence-electron chi connectivity index (χ2n) is 6.00. The minimum absolute atomic E-state index is 0.415. The summed E-state index contributed by atoms with van der Waals surface area (Å²) in [6.45, 7) is 6.73. The average Bonchev–Trinajstić information content (AvgIpc) is 3.04. The van der Waals surface area contributed by atoms with E-state index < -0.39 is 10.0 Å². The van der Waals surface area contributed by atoms with Crippen molar-refractivity contribution in [2.75, 3.05) is 39.3 Å². The smallest absolute Gasteiger partial charge is 0.243 e. The van der Waals surface area contributed by atoms with Crippen LogP contribution in [0.4, 0.5) is 0 Å². The molecule has 2 heterocycles. The number of nitrogens with zero attached hydrogens (tertiary/aromatic N) is 2. The molecule has 122 valence electrons. The van der Waals surface area contributed by atoms with Crippen LogP contribution >= 0.6 is 15.9 Å². The highest BCUT2D eigenvalue weighted by molar-refractivity contribution is 9.10. The van der Waals surface area contributed by atoms with Crippen molar-refractivity contribution in [3.63, 3.8) is 0 Å². The maximum absolute atomic E-state index is 12.9. The molecule has 7 heteroatoms. The molecule has 0 aliphatic carbocycles. The minimum Gasteiger partial charge on any atom is -0.315 e. The van der Waals surface area contributed by atoms with Crippen LogP contribution in [0.15, 0.2) is 27.6 Å². The van der Waals surface area contributed by atoms with Crippen LogP contribution in [-0.4, -0.2) is 62.9 Å². The molecule has 1 aromatic rings. The Labute approximate surface area is 140 Å². The molecule has 2 fully saturated rings. The summed E-state index contributed by atoms with van der Waals surface area (Å²) in [4.78, 5) is 2.83. The van der Waals surface area contributed by atoms with E-state index in [0.717, 1.165) is 42.6 Å². The third-order valence-corrected chi connectivity index (χ3v) is 7.13. The van der Waals surface area contributed by atoms with Crippen LogP contribution in [0.5, 0.6) is 0 Å². The largest absolute Gasteiger partial charge is 0.315 e. The van der Waals surface area contributed by atoms with Crippen molar-refractivity contribution in [3.05, 3.63) is 28.2 Å². The maximum atomic E-state index is 12.9. The zero-order valence-electron chi connectivity index (χ0n) is 12.8. The van der Waals surface area contributed by atoms with Gasteiger partial charge in [-0.3, -0.25) is 4.90 Å². The van der Waals surface area contributed by atoms with Gasteiger partial charge in [-0.25, -0.2) is 8.42 Å². The first-order valence-corrected chi connectivity index (χ1v) is 9.93. The Balaban J connectivity index is 1.73. The lowest BCUT2D eigenvalue weighted by Crippen LogP contribution is -2.52. The highest BCUT2D eigenvalue weighted by atomic mass is 79.9. The first-order valence-electron chi connectivity index (χ1n) is 7.69. The number of hydrogen-bond donors (Lipinski definition) is 1. The molecule has 1 atom stereocenters. The molecule has 2 aliphatic rings. The maximum Gasteiger partial charge on any atom is 0.243 e. The first kappa shape index (κ1) is 16.4. The quantitative estimate of drug-likeness (QED) is 0.851. The summed E-state index contributed by atoms with van der Waals surface area (Å²) in [5.74, 6) is 0. The van der Waals surface area contributed by atoms with Crippen LogP contribution in [0.1, 0.15) is 12.0 Å². The van der Waals surface area contributed by atoms with Crippen LogP contribution in [-0.2, 0) is 10.0 Å². The van der Waals surface area contributed by atoms with Gasteiger partial charge in [-0.05, 0) is 37.6 Å². The molecule has 0 aromatic heterocycles. The molecule has 5 nitrogen and oxygen atoms in total. The van der Waals surface area contributed by atoms with E-state index >= 15 is 0 Å². The van der Waals surface area contributed by atoms with Gasteiger partial charge < -0.3 is 5.32 Å². The Morgan fingerprint density at radius 2 is 1.95 bits per heavy atom. The van der Waals surface area contributed by atoms with Crippen molar-refractivity contribution in [3.8, 4) is 0 Å². The van der Waals surface area contributed by atoms with Crippen molar-refractivity contribution >= 4 is 26.0 Å². The van der Waals surface area contributed by atoms with Gasteiger partial charge in [0.05, 0.1) is 4.90 Å². The lowest BCUT2D eigenvalue weighted by atomic mass is 10.2. The molecule has 3 rings (SSSR count). The summed E-state index contributed by atoms with van der Waals surface area (Å²) in [6, 6.07) is 5.99. The Bertz CT molecular complexity index is 636. The summed E-state index contributed by atoms with van der Waals surface area (Å²) in [5.41, 5.74) is 0.797. The monoisotopic (exact) mass is 387 g/mol. The SMILES string of the molecule is Cc1ccc(Br)cc1S(=O)(=O)N1CCN(C2CCNC2)CC1. The van der Waals surface area contributed by atoms with Crippen molar-refractivity contribution < 1.29 is 8.42 Å². The molecule has 22 heavy (non-hydrogen) atoms. The zero-order chi connectivity index (χ0) is 15.7. The number of aryl methyl sites for hydroxylation is 1. The second kappa shape index (κ2) is 6.57. The van der Waals surface area contributed by atoms with Gasteiger partial charge in [0.1, 0.15) is 0 Å². The highest BCUT2D eigenvalue weighted by Crippen LogP contribution is 2.25. The van der Waals surface area contributed by atoms with Crippen LogP contribution in [0.3, 0.4) is 0 Å². The number of nitrogens with one attached hydrogen (secondary N) is 1. The molecule has 1 unspecified atom stereocenters. The molecule has 1 N–H and O–H groups in total. The zero-order valence-corrected chi connectivity index (χ0v) is 15.2. The molecule has 2 aliphatic heterocycles. The summed E-state index contributed by atoms with van der Waals surface area (Å²) in [7, 11) is -3.40.